The van der Waals surface area contributed by atoms with Crippen LogP contribution in [0.3, 0.4) is 0 Å². The third-order valence-corrected chi connectivity index (χ3v) is 7.06. The number of Topliss-reactive ketones (excluding diaryl/α,β-unsaturated/α-hetero) is 1. The van der Waals surface area contributed by atoms with Crippen LogP contribution < -0.4 is 10.9 Å². The number of methoxy groups -OCH3 is 1. The fraction of sp³-hybridized carbons (Fsp3) is 0.485. The summed E-state index contributed by atoms with van der Waals surface area (Å²) in [5, 5.41) is 13.8. The first-order chi connectivity index (χ1) is 19.4. The molecule has 0 aliphatic carbocycles. The summed E-state index contributed by atoms with van der Waals surface area (Å²) in [6.45, 7) is 11.9. The number of aromatic hydroxyl groups is 1. The molecule has 0 aliphatic rings. The van der Waals surface area contributed by atoms with Gasteiger partial charge in [-0.25, -0.2) is 9.59 Å². The Morgan fingerprint density at radius 3 is 2.39 bits per heavy atom. The number of aromatic nitrogens is 1. The van der Waals surface area contributed by atoms with Gasteiger partial charge in [-0.15, -0.1) is 0 Å². The molecule has 3 rings (SSSR count). The fourth-order valence-electron chi connectivity index (χ4n) is 4.42. The summed E-state index contributed by atoms with van der Waals surface area (Å²) >= 11 is 0. The molecule has 0 aliphatic heterocycles. The lowest BCUT2D eigenvalue weighted by molar-refractivity contribution is 0.0931. The molecule has 2 N–H and O–H groups in total. The van der Waals surface area contributed by atoms with Crippen LogP contribution in [0.15, 0.2) is 51.8 Å². The van der Waals surface area contributed by atoms with Crippen molar-refractivity contribution >= 4 is 22.8 Å². The molecule has 2 heterocycles. The molecular formula is C33H46N2O6. The normalized spacial score (nSPS) is 12.0. The predicted molar refractivity (Wildman–Crippen MR) is 164 cm³/mol. The van der Waals surface area contributed by atoms with E-state index in [2.05, 4.69) is 66.7 Å². The number of nitrogens with zero attached hydrogens (tertiary/aromatic N) is 1. The zero-order valence-electron chi connectivity index (χ0n) is 25.7. The minimum Gasteiger partial charge on any atom is -0.507 e. The van der Waals surface area contributed by atoms with E-state index >= 15 is 0 Å². The van der Waals surface area contributed by atoms with Crippen molar-refractivity contribution < 1.29 is 23.8 Å². The third kappa shape index (κ3) is 9.66. The number of amides is 1. The summed E-state index contributed by atoms with van der Waals surface area (Å²) in [5.74, 6) is -0.254. The Labute approximate surface area is 243 Å². The first-order valence-corrected chi connectivity index (χ1v) is 14.4. The number of aryl methyl sites for hydroxylation is 3. The maximum atomic E-state index is 12.0. The molecule has 3 aromatic rings. The van der Waals surface area contributed by atoms with Crippen LogP contribution in [-0.2, 0) is 24.6 Å². The van der Waals surface area contributed by atoms with Gasteiger partial charge in [-0.05, 0) is 61.8 Å². The Hall–Kier alpha value is -3.81. The number of carbonyl (C=O) groups is 2. The van der Waals surface area contributed by atoms with Crippen LogP contribution in [0.1, 0.15) is 94.1 Å². The van der Waals surface area contributed by atoms with E-state index in [0.717, 1.165) is 12.3 Å². The van der Waals surface area contributed by atoms with E-state index < -0.39 is 23.4 Å². The van der Waals surface area contributed by atoms with E-state index in [1.54, 1.807) is 19.9 Å². The van der Waals surface area contributed by atoms with Crippen molar-refractivity contribution in [2.45, 2.75) is 79.6 Å². The zero-order valence-corrected chi connectivity index (χ0v) is 25.7. The molecule has 41 heavy (non-hydrogen) atoms. The maximum absolute atomic E-state index is 12.0. The van der Waals surface area contributed by atoms with E-state index in [1.807, 2.05) is 6.92 Å². The van der Waals surface area contributed by atoms with Gasteiger partial charge in [0.15, 0.2) is 5.78 Å². The highest BCUT2D eigenvalue weighted by Gasteiger charge is 2.22. The van der Waals surface area contributed by atoms with Gasteiger partial charge >= 0.3 is 11.7 Å². The Kier molecular flexibility index (Phi) is 12.9. The van der Waals surface area contributed by atoms with Crippen molar-refractivity contribution in [1.82, 2.24) is 9.88 Å². The number of ketones is 1. The van der Waals surface area contributed by atoms with Crippen molar-refractivity contribution in [2.24, 2.45) is 18.9 Å². The molecule has 224 valence electrons. The standard InChI is InChI=1S/C17H23NO6.C16H23N/c1-10(2)15(20)14-12(19)9-13(24-16(14)21)11(3)7-5-6-8-18-17(22)23-4;1-5-15-11-14-10-13(7-6-12(2)3)8-9-16(14)17(15)4/h6,8-11,19H,5,7H2,1-4H3,(H,18,22);8-12H,5-7H2,1-4H3/b8-6+;. The molecule has 1 atom stereocenters. The average Bonchev–Trinajstić information content (AvgIpc) is 3.25. The number of rotatable bonds is 11. The van der Waals surface area contributed by atoms with Crippen LogP contribution in [0.5, 0.6) is 5.75 Å². The van der Waals surface area contributed by atoms with Gasteiger partial charge in [-0.2, -0.15) is 0 Å². The van der Waals surface area contributed by atoms with Gasteiger partial charge in [0.1, 0.15) is 17.1 Å². The summed E-state index contributed by atoms with van der Waals surface area (Å²) in [6.07, 6.45) is 7.47. The lowest BCUT2D eigenvalue weighted by atomic mass is 9.99. The average molecular weight is 567 g/mol. The van der Waals surface area contributed by atoms with Gasteiger partial charge in [0.25, 0.3) is 0 Å². The number of carbonyl (C=O) groups excluding carboxylic acids is 2. The van der Waals surface area contributed by atoms with E-state index in [4.69, 9.17) is 4.42 Å². The van der Waals surface area contributed by atoms with Crippen molar-refractivity contribution in [2.75, 3.05) is 7.11 Å². The van der Waals surface area contributed by atoms with Gasteiger partial charge in [0, 0.05) is 47.7 Å². The topological polar surface area (TPSA) is 111 Å². The Bertz CT molecular complexity index is 1400. The third-order valence-electron chi connectivity index (χ3n) is 7.06. The van der Waals surface area contributed by atoms with Crippen molar-refractivity contribution in [3.63, 3.8) is 0 Å². The van der Waals surface area contributed by atoms with Crippen LogP contribution in [-0.4, -0.2) is 28.7 Å². The second-order valence-electron chi connectivity index (χ2n) is 11.1. The molecule has 0 bridgehead atoms. The molecule has 1 unspecified atom stereocenters. The second-order valence-corrected chi connectivity index (χ2v) is 11.1. The van der Waals surface area contributed by atoms with Gasteiger partial charge in [-0.1, -0.05) is 53.7 Å². The van der Waals surface area contributed by atoms with Crippen molar-refractivity contribution in [3.05, 3.63) is 75.6 Å². The highest BCUT2D eigenvalue weighted by Crippen LogP contribution is 2.26. The molecule has 0 saturated heterocycles. The number of benzene rings is 1. The van der Waals surface area contributed by atoms with Crippen LogP contribution in [0.2, 0.25) is 0 Å². The molecule has 0 spiro atoms. The molecular weight excluding hydrogens is 520 g/mol. The van der Waals surface area contributed by atoms with Crippen molar-refractivity contribution in [3.8, 4) is 5.75 Å². The monoisotopic (exact) mass is 566 g/mol. The summed E-state index contributed by atoms with van der Waals surface area (Å²) in [4.78, 5) is 34.7. The first-order valence-electron chi connectivity index (χ1n) is 14.4. The second kappa shape index (κ2) is 15.8. The first kappa shape index (κ1) is 33.4. The maximum Gasteiger partial charge on any atom is 0.410 e. The molecule has 1 aromatic carbocycles. The number of nitrogens with one attached hydrogen (secondary N) is 1. The lowest BCUT2D eigenvalue weighted by Gasteiger charge is -2.11. The minimum absolute atomic E-state index is 0.144. The lowest BCUT2D eigenvalue weighted by Crippen LogP contribution is -2.19. The van der Waals surface area contributed by atoms with E-state index in [9.17, 15) is 19.5 Å². The number of hydrogen-bond donors (Lipinski definition) is 2. The van der Waals surface area contributed by atoms with E-state index in [-0.39, 0.29) is 17.2 Å². The van der Waals surface area contributed by atoms with Gasteiger partial charge in [0.05, 0.1) is 7.11 Å². The smallest absolute Gasteiger partial charge is 0.410 e. The van der Waals surface area contributed by atoms with Crippen LogP contribution in [0, 0.1) is 11.8 Å². The molecule has 1 amide bonds. The van der Waals surface area contributed by atoms with Gasteiger partial charge in [-0.3, -0.25) is 10.1 Å². The predicted octanol–water partition coefficient (Wildman–Crippen LogP) is 7.27. The number of hydrogen-bond acceptors (Lipinski definition) is 6. The largest absolute Gasteiger partial charge is 0.507 e. The highest BCUT2D eigenvalue weighted by molar-refractivity contribution is 5.99. The Morgan fingerprint density at radius 2 is 1.80 bits per heavy atom. The summed E-state index contributed by atoms with van der Waals surface area (Å²) < 4.78 is 11.9. The number of fused-ring (bicyclic) bond motifs is 1. The quantitative estimate of drug-likeness (QED) is 0.236. The van der Waals surface area contributed by atoms with Crippen molar-refractivity contribution in [1.29, 1.82) is 0 Å². The fourth-order valence-corrected chi connectivity index (χ4v) is 4.42. The molecule has 0 saturated carbocycles. The Balaban J connectivity index is 0.000000303. The summed E-state index contributed by atoms with van der Waals surface area (Å²) in [7, 11) is 3.43. The zero-order chi connectivity index (χ0) is 30.7. The van der Waals surface area contributed by atoms with Crippen LogP contribution in [0.4, 0.5) is 4.79 Å². The summed E-state index contributed by atoms with van der Waals surface area (Å²) in [5.41, 5.74) is 3.12. The minimum atomic E-state index is -0.821. The molecule has 0 radical (unpaired) electrons. The molecule has 2 aromatic heterocycles. The molecule has 8 heteroatoms. The number of ether oxygens (including phenoxy) is 1. The van der Waals surface area contributed by atoms with E-state index in [0.29, 0.717) is 18.6 Å². The summed E-state index contributed by atoms with van der Waals surface area (Å²) in [6, 6.07) is 10.6. The van der Waals surface area contributed by atoms with Crippen LogP contribution in [0.25, 0.3) is 10.9 Å². The Morgan fingerprint density at radius 1 is 1.10 bits per heavy atom. The molecule has 8 nitrogen and oxygen atoms in total. The number of alkyl carbamates (subject to hydrolysis) is 1. The molecule has 0 fully saturated rings. The van der Waals surface area contributed by atoms with Gasteiger partial charge in [0.2, 0.25) is 0 Å². The van der Waals surface area contributed by atoms with E-state index in [1.165, 1.54) is 54.4 Å². The van der Waals surface area contributed by atoms with Gasteiger partial charge < -0.3 is 18.8 Å². The van der Waals surface area contributed by atoms with Crippen LogP contribution >= 0.6 is 0 Å². The number of allylic oxidation sites excluding steroid dienone is 1. The highest BCUT2D eigenvalue weighted by atomic mass is 16.5. The SMILES string of the molecule is CCc1cc2cc(CCC(C)C)ccc2n1C.COC(=O)N/C=C/CCC(C)c1cc(O)c(C(=O)C(C)C)c(=O)o1.